The van der Waals surface area contributed by atoms with Gasteiger partial charge in [-0.15, -0.1) is 0 Å². The van der Waals surface area contributed by atoms with Crippen LogP contribution in [0.2, 0.25) is 5.02 Å². The van der Waals surface area contributed by atoms with Crippen molar-refractivity contribution in [1.82, 2.24) is 0 Å². The number of halogens is 3. The van der Waals surface area contributed by atoms with E-state index in [1.807, 2.05) is 13.0 Å². The normalized spacial score (nSPS) is 11.9. The Kier molecular flexibility index (Phi) is 4.14. The summed E-state index contributed by atoms with van der Waals surface area (Å²) < 4.78 is 12.8. The fourth-order valence-electron chi connectivity index (χ4n) is 1.11. The Labute approximate surface area is 97.7 Å². The minimum Gasteiger partial charge on any atom is -0.207 e. The van der Waals surface area contributed by atoms with E-state index in [-0.39, 0.29) is 10.1 Å². The fraction of sp³-hybridized carbons (Fsp3) is 0.182. The first-order chi connectivity index (χ1) is 7.10. The van der Waals surface area contributed by atoms with Gasteiger partial charge in [0.05, 0.1) is 16.1 Å². The zero-order chi connectivity index (χ0) is 11.4. The van der Waals surface area contributed by atoms with Crippen molar-refractivity contribution in [1.29, 1.82) is 5.26 Å². The standard InChI is InChI=1S/C11H8Cl2FN/c1-2-7(6-15)11(13)9-4-3-8(14)5-10(9)12/h3-5H,2H2,1H3/b11-7-. The average molecular weight is 244 g/mol. The molecule has 1 aromatic carbocycles. The maximum absolute atomic E-state index is 12.8. The number of rotatable bonds is 2. The smallest absolute Gasteiger partial charge is 0.124 e. The van der Waals surface area contributed by atoms with E-state index < -0.39 is 5.82 Å². The zero-order valence-corrected chi connectivity index (χ0v) is 9.53. The van der Waals surface area contributed by atoms with Crippen molar-refractivity contribution in [2.75, 3.05) is 0 Å². The Morgan fingerprint density at radius 2 is 2.20 bits per heavy atom. The summed E-state index contributed by atoms with van der Waals surface area (Å²) in [7, 11) is 0. The molecular formula is C11H8Cl2FN. The van der Waals surface area contributed by atoms with E-state index in [1.165, 1.54) is 18.2 Å². The van der Waals surface area contributed by atoms with E-state index in [9.17, 15) is 4.39 Å². The van der Waals surface area contributed by atoms with Crippen molar-refractivity contribution >= 4 is 28.2 Å². The Bertz CT molecular complexity index is 446. The minimum absolute atomic E-state index is 0.209. The van der Waals surface area contributed by atoms with E-state index in [2.05, 4.69) is 0 Å². The van der Waals surface area contributed by atoms with Gasteiger partial charge in [0.1, 0.15) is 5.82 Å². The molecule has 0 saturated heterocycles. The monoisotopic (exact) mass is 243 g/mol. The Morgan fingerprint density at radius 1 is 1.53 bits per heavy atom. The van der Waals surface area contributed by atoms with Gasteiger partial charge in [0.2, 0.25) is 0 Å². The topological polar surface area (TPSA) is 23.8 Å². The van der Waals surface area contributed by atoms with Crippen LogP contribution in [0.4, 0.5) is 4.39 Å². The molecule has 1 nitrogen and oxygen atoms in total. The van der Waals surface area contributed by atoms with Crippen LogP contribution in [0.15, 0.2) is 23.8 Å². The number of allylic oxidation sites excluding steroid dienone is 1. The van der Waals surface area contributed by atoms with Crippen LogP contribution in [0.3, 0.4) is 0 Å². The summed E-state index contributed by atoms with van der Waals surface area (Å²) in [5, 5.41) is 9.29. The molecule has 0 N–H and O–H groups in total. The van der Waals surface area contributed by atoms with Crippen LogP contribution in [0, 0.1) is 17.1 Å². The third kappa shape index (κ3) is 2.71. The highest BCUT2D eigenvalue weighted by molar-refractivity contribution is 6.51. The van der Waals surface area contributed by atoms with Crippen molar-refractivity contribution in [3.8, 4) is 6.07 Å². The molecule has 0 atom stereocenters. The first-order valence-corrected chi connectivity index (χ1v) is 5.10. The Morgan fingerprint density at radius 3 is 2.67 bits per heavy atom. The second kappa shape index (κ2) is 5.16. The van der Waals surface area contributed by atoms with Gasteiger partial charge in [0, 0.05) is 11.1 Å². The van der Waals surface area contributed by atoms with Crippen LogP contribution in [-0.4, -0.2) is 0 Å². The van der Waals surface area contributed by atoms with Crippen LogP contribution >= 0.6 is 23.2 Å². The summed E-state index contributed by atoms with van der Waals surface area (Å²) in [4.78, 5) is 0. The van der Waals surface area contributed by atoms with Gasteiger partial charge < -0.3 is 0 Å². The van der Waals surface area contributed by atoms with Gasteiger partial charge in [-0.25, -0.2) is 4.39 Å². The lowest BCUT2D eigenvalue weighted by molar-refractivity contribution is 0.628. The first kappa shape index (κ1) is 12.0. The molecule has 1 rings (SSSR count). The molecule has 0 heterocycles. The van der Waals surface area contributed by atoms with Gasteiger partial charge >= 0.3 is 0 Å². The van der Waals surface area contributed by atoms with Crippen molar-refractivity contribution < 1.29 is 4.39 Å². The van der Waals surface area contributed by atoms with Crippen LogP contribution in [0.25, 0.3) is 5.03 Å². The molecule has 0 radical (unpaired) electrons. The molecule has 0 aliphatic heterocycles. The summed E-state index contributed by atoms with van der Waals surface area (Å²) >= 11 is 11.8. The van der Waals surface area contributed by atoms with Crippen LogP contribution < -0.4 is 0 Å². The van der Waals surface area contributed by atoms with Crippen LogP contribution in [0.5, 0.6) is 0 Å². The quantitative estimate of drug-likeness (QED) is 0.709. The van der Waals surface area contributed by atoms with Crippen molar-refractivity contribution in [2.24, 2.45) is 0 Å². The molecule has 0 bridgehead atoms. The molecule has 0 unspecified atom stereocenters. The number of nitrogens with zero attached hydrogens (tertiary/aromatic N) is 1. The Balaban J connectivity index is 3.29. The summed E-state index contributed by atoms with van der Waals surface area (Å²) in [5.74, 6) is -0.428. The third-order valence-corrected chi connectivity index (χ3v) is 2.67. The zero-order valence-electron chi connectivity index (χ0n) is 8.02. The lowest BCUT2D eigenvalue weighted by atomic mass is 10.1. The van der Waals surface area contributed by atoms with Gasteiger partial charge in [-0.3, -0.25) is 0 Å². The van der Waals surface area contributed by atoms with Crippen LogP contribution in [-0.2, 0) is 0 Å². The van der Waals surface area contributed by atoms with Crippen LogP contribution in [0.1, 0.15) is 18.9 Å². The van der Waals surface area contributed by atoms with Crippen molar-refractivity contribution in [3.63, 3.8) is 0 Å². The molecule has 0 aliphatic carbocycles. The molecule has 0 saturated carbocycles. The molecule has 0 amide bonds. The summed E-state index contributed by atoms with van der Waals surface area (Å²) in [6.45, 7) is 1.82. The van der Waals surface area contributed by atoms with Gasteiger partial charge in [0.25, 0.3) is 0 Å². The van der Waals surface area contributed by atoms with E-state index in [4.69, 9.17) is 28.5 Å². The summed E-state index contributed by atoms with van der Waals surface area (Å²) in [6.07, 6.45) is 0.517. The number of hydrogen-bond acceptors (Lipinski definition) is 1. The molecule has 0 spiro atoms. The van der Waals surface area contributed by atoms with Gasteiger partial charge in [-0.2, -0.15) is 5.26 Å². The number of benzene rings is 1. The van der Waals surface area contributed by atoms with Crippen molar-refractivity contribution in [3.05, 3.63) is 40.2 Å². The highest BCUT2D eigenvalue weighted by atomic mass is 35.5. The minimum atomic E-state index is -0.428. The van der Waals surface area contributed by atoms with Gasteiger partial charge in [-0.05, 0) is 24.6 Å². The molecule has 15 heavy (non-hydrogen) atoms. The second-order valence-corrected chi connectivity index (χ2v) is 3.67. The predicted molar refractivity (Wildman–Crippen MR) is 60.1 cm³/mol. The molecule has 1 aromatic rings. The predicted octanol–water partition coefficient (Wildman–Crippen LogP) is 4.36. The number of hydrogen-bond donors (Lipinski definition) is 0. The summed E-state index contributed by atoms with van der Waals surface area (Å²) in [5.41, 5.74) is 0.920. The summed E-state index contributed by atoms with van der Waals surface area (Å²) in [6, 6.07) is 5.88. The first-order valence-electron chi connectivity index (χ1n) is 4.34. The number of nitriles is 1. The maximum atomic E-state index is 12.8. The highest BCUT2D eigenvalue weighted by Crippen LogP contribution is 2.30. The van der Waals surface area contributed by atoms with E-state index in [0.717, 1.165) is 0 Å². The van der Waals surface area contributed by atoms with Gasteiger partial charge in [-0.1, -0.05) is 30.1 Å². The molecular weight excluding hydrogens is 236 g/mol. The second-order valence-electron chi connectivity index (χ2n) is 2.88. The van der Waals surface area contributed by atoms with Gasteiger partial charge in [0.15, 0.2) is 0 Å². The molecule has 4 heteroatoms. The molecule has 0 fully saturated rings. The lowest BCUT2D eigenvalue weighted by Crippen LogP contribution is -1.86. The fourth-order valence-corrected chi connectivity index (χ4v) is 1.76. The molecule has 0 aliphatic rings. The van der Waals surface area contributed by atoms with E-state index >= 15 is 0 Å². The van der Waals surface area contributed by atoms with Crippen molar-refractivity contribution in [2.45, 2.75) is 13.3 Å². The molecule has 78 valence electrons. The van der Waals surface area contributed by atoms with E-state index in [1.54, 1.807) is 0 Å². The lowest BCUT2D eigenvalue weighted by Gasteiger charge is -2.04. The maximum Gasteiger partial charge on any atom is 0.124 e. The highest BCUT2D eigenvalue weighted by Gasteiger charge is 2.09. The largest absolute Gasteiger partial charge is 0.207 e. The van der Waals surface area contributed by atoms with E-state index in [0.29, 0.717) is 17.6 Å². The Hall–Kier alpha value is -1.04. The molecule has 0 aromatic heterocycles. The average Bonchev–Trinajstić information content (AvgIpc) is 2.19. The SMILES string of the molecule is CC/C(C#N)=C(/Cl)c1ccc(F)cc1Cl. The third-order valence-electron chi connectivity index (χ3n) is 1.92.